The fourth-order valence-corrected chi connectivity index (χ4v) is 2.52. The van der Waals surface area contributed by atoms with Gasteiger partial charge in [0.2, 0.25) is 0 Å². The standard InChI is InChI=1S/C18H17ClFN3O/c19-16-2-4-17(5-3-16)23-11-14(10-22-23)9-21-8-13-1-6-18(20)15(7-13)12-24/h1-7,10-11,21,24H,8-9,12H2. The van der Waals surface area contributed by atoms with E-state index >= 15 is 0 Å². The lowest BCUT2D eigenvalue weighted by Crippen LogP contribution is -2.12. The van der Waals surface area contributed by atoms with Crippen molar-refractivity contribution in [2.75, 3.05) is 0 Å². The highest BCUT2D eigenvalue weighted by molar-refractivity contribution is 6.30. The molecule has 0 aliphatic rings. The summed E-state index contributed by atoms with van der Waals surface area (Å²) >= 11 is 5.88. The van der Waals surface area contributed by atoms with E-state index in [4.69, 9.17) is 16.7 Å². The lowest BCUT2D eigenvalue weighted by molar-refractivity contribution is 0.275. The molecule has 0 bridgehead atoms. The molecule has 2 N–H and O–H groups in total. The Morgan fingerprint density at radius 1 is 1.08 bits per heavy atom. The van der Waals surface area contributed by atoms with E-state index < -0.39 is 0 Å². The number of hydrogen-bond acceptors (Lipinski definition) is 3. The summed E-state index contributed by atoms with van der Waals surface area (Å²) in [7, 11) is 0. The van der Waals surface area contributed by atoms with E-state index in [0.717, 1.165) is 16.8 Å². The van der Waals surface area contributed by atoms with Gasteiger partial charge in [-0.05, 0) is 42.0 Å². The molecule has 0 amide bonds. The van der Waals surface area contributed by atoms with Gasteiger partial charge < -0.3 is 10.4 Å². The molecule has 2 aromatic carbocycles. The first-order chi connectivity index (χ1) is 11.7. The first-order valence-corrected chi connectivity index (χ1v) is 7.92. The number of nitrogens with zero attached hydrogens (tertiary/aromatic N) is 2. The van der Waals surface area contributed by atoms with Gasteiger partial charge >= 0.3 is 0 Å². The molecule has 24 heavy (non-hydrogen) atoms. The smallest absolute Gasteiger partial charge is 0.128 e. The van der Waals surface area contributed by atoms with Crippen molar-refractivity contribution >= 4 is 11.6 Å². The van der Waals surface area contributed by atoms with Crippen molar-refractivity contribution in [3.05, 3.63) is 82.4 Å². The van der Waals surface area contributed by atoms with Crippen LogP contribution < -0.4 is 5.32 Å². The zero-order valence-electron chi connectivity index (χ0n) is 12.9. The Morgan fingerprint density at radius 2 is 1.83 bits per heavy atom. The second-order valence-electron chi connectivity index (χ2n) is 5.46. The highest BCUT2D eigenvalue weighted by atomic mass is 35.5. The number of nitrogens with one attached hydrogen (secondary N) is 1. The maximum Gasteiger partial charge on any atom is 0.128 e. The van der Waals surface area contributed by atoms with Gasteiger partial charge in [-0.3, -0.25) is 0 Å². The van der Waals surface area contributed by atoms with E-state index in [1.54, 1.807) is 23.0 Å². The van der Waals surface area contributed by atoms with Crippen LogP contribution in [-0.4, -0.2) is 14.9 Å². The number of hydrogen-bond donors (Lipinski definition) is 2. The summed E-state index contributed by atoms with van der Waals surface area (Å²) in [5, 5.41) is 17.4. The molecule has 1 aromatic heterocycles. The quantitative estimate of drug-likeness (QED) is 0.719. The van der Waals surface area contributed by atoms with Crippen LogP contribution in [0.4, 0.5) is 4.39 Å². The molecule has 6 heteroatoms. The third-order valence-corrected chi connectivity index (χ3v) is 3.92. The molecule has 0 saturated carbocycles. The molecule has 0 fully saturated rings. The minimum atomic E-state index is -0.384. The van der Waals surface area contributed by atoms with Crippen molar-refractivity contribution in [2.45, 2.75) is 19.7 Å². The fraction of sp³-hybridized carbons (Fsp3) is 0.167. The lowest BCUT2D eigenvalue weighted by atomic mass is 10.1. The Labute approximate surface area is 144 Å². The first-order valence-electron chi connectivity index (χ1n) is 7.54. The van der Waals surface area contributed by atoms with Gasteiger partial charge in [-0.1, -0.05) is 17.7 Å². The average Bonchev–Trinajstić information content (AvgIpc) is 3.06. The normalized spacial score (nSPS) is 11.0. The van der Waals surface area contributed by atoms with E-state index in [-0.39, 0.29) is 12.4 Å². The predicted octanol–water partition coefficient (Wildman–Crippen LogP) is 3.45. The SMILES string of the molecule is OCc1cc(CNCc2cnn(-c3ccc(Cl)cc3)c2)ccc1F. The summed E-state index contributed by atoms with van der Waals surface area (Å²) in [6.07, 6.45) is 3.74. The molecule has 0 radical (unpaired) electrons. The summed E-state index contributed by atoms with van der Waals surface area (Å²) in [5.74, 6) is -0.384. The van der Waals surface area contributed by atoms with E-state index in [2.05, 4.69) is 10.4 Å². The van der Waals surface area contributed by atoms with Crippen molar-refractivity contribution < 1.29 is 9.50 Å². The number of aliphatic hydroxyl groups excluding tert-OH is 1. The molecule has 3 aromatic rings. The van der Waals surface area contributed by atoms with Crippen LogP contribution in [0.3, 0.4) is 0 Å². The summed E-state index contributed by atoms with van der Waals surface area (Å²) in [5.41, 5.74) is 3.21. The van der Waals surface area contributed by atoms with Gasteiger partial charge in [0.25, 0.3) is 0 Å². The van der Waals surface area contributed by atoms with Gasteiger partial charge in [-0.25, -0.2) is 9.07 Å². The molecule has 0 spiro atoms. The van der Waals surface area contributed by atoms with Crippen LogP contribution in [0.2, 0.25) is 5.02 Å². The number of aliphatic hydroxyl groups is 1. The molecule has 1 heterocycles. The fourth-order valence-electron chi connectivity index (χ4n) is 2.40. The second-order valence-corrected chi connectivity index (χ2v) is 5.89. The minimum absolute atomic E-state index is 0.298. The van der Waals surface area contributed by atoms with Crippen LogP contribution in [0.5, 0.6) is 0 Å². The van der Waals surface area contributed by atoms with Crippen LogP contribution in [0.25, 0.3) is 5.69 Å². The summed E-state index contributed by atoms with van der Waals surface area (Å²) in [6, 6.07) is 12.2. The highest BCUT2D eigenvalue weighted by Gasteiger charge is 2.04. The number of halogens is 2. The number of aromatic nitrogens is 2. The maximum absolute atomic E-state index is 13.3. The van der Waals surface area contributed by atoms with Crippen LogP contribution in [0.15, 0.2) is 54.9 Å². The Bertz CT molecular complexity index is 817. The molecule has 3 rings (SSSR count). The van der Waals surface area contributed by atoms with Crippen LogP contribution >= 0.6 is 11.6 Å². The zero-order valence-corrected chi connectivity index (χ0v) is 13.7. The van der Waals surface area contributed by atoms with Gasteiger partial charge in [0.05, 0.1) is 18.5 Å². The first kappa shape index (κ1) is 16.6. The predicted molar refractivity (Wildman–Crippen MR) is 91.4 cm³/mol. The van der Waals surface area contributed by atoms with Gasteiger partial charge in [-0.2, -0.15) is 5.10 Å². The molecule has 0 aliphatic carbocycles. The monoisotopic (exact) mass is 345 g/mol. The molecule has 0 saturated heterocycles. The lowest BCUT2D eigenvalue weighted by Gasteiger charge is -2.06. The third-order valence-electron chi connectivity index (χ3n) is 3.67. The Hall–Kier alpha value is -2.21. The Balaban J connectivity index is 1.59. The van der Waals surface area contributed by atoms with Crippen molar-refractivity contribution in [3.8, 4) is 5.69 Å². The Morgan fingerprint density at radius 3 is 2.58 bits per heavy atom. The van der Waals surface area contributed by atoms with E-state index in [1.165, 1.54) is 6.07 Å². The number of rotatable bonds is 6. The van der Waals surface area contributed by atoms with Gasteiger partial charge in [0.1, 0.15) is 5.82 Å². The van der Waals surface area contributed by atoms with Crippen LogP contribution in [-0.2, 0) is 19.7 Å². The summed E-state index contributed by atoms with van der Waals surface area (Å²) in [6.45, 7) is 0.923. The van der Waals surface area contributed by atoms with Gasteiger partial charge in [0.15, 0.2) is 0 Å². The van der Waals surface area contributed by atoms with Crippen molar-refractivity contribution in [3.63, 3.8) is 0 Å². The molecule has 124 valence electrons. The summed E-state index contributed by atoms with van der Waals surface area (Å²) < 4.78 is 15.1. The van der Waals surface area contributed by atoms with E-state index in [1.807, 2.05) is 30.5 Å². The zero-order chi connectivity index (χ0) is 16.9. The van der Waals surface area contributed by atoms with Crippen molar-refractivity contribution in [1.82, 2.24) is 15.1 Å². The van der Waals surface area contributed by atoms with Crippen LogP contribution in [0.1, 0.15) is 16.7 Å². The molecular weight excluding hydrogens is 329 g/mol. The highest BCUT2D eigenvalue weighted by Crippen LogP contribution is 2.14. The topological polar surface area (TPSA) is 50.1 Å². The largest absolute Gasteiger partial charge is 0.392 e. The van der Waals surface area contributed by atoms with Crippen molar-refractivity contribution in [2.24, 2.45) is 0 Å². The Kier molecular flexibility index (Phi) is 5.25. The maximum atomic E-state index is 13.3. The van der Waals surface area contributed by atoms with Gasteiger partial charge in [0, 0.05) is 35.4 Å². The van der Waals surface area contributed by atoms with Crippen molar-refractivity contribution in [1.29, 1.82) is 0 Å². The van der Waals surface area contributed by atoms with E-state index in [0.29, 0.717) is 23.7 Å². The molecule has 4 nitrogen and oxygen atoms in total. The average molecular weight is 346 g/mol. The molecular formula is C18H17ClFN3O. The summed E-state index contributed by atoms with van der Waals surface area (Å²) in [4.78, 5) is 0. The van der Waals surface area contributed by atoms with Gasteiger partial charge in [-0.15, -0.1) is 0 Å². The molecule has 0 atom stereocenters. The number of benzene rings is 2. The third kappa shape index (κ3) is 4.00. The minimum Gasteiger partial charge on any atom is -0.392 e. The van der Waals surface area contributed by atoms with Crippen LogP contribution in [0, 0.1) is 5.82 Å². The molecule has 0 aliphatic heterocycles. The molecule has 0 unspecified atom stereocenters. The van der Waals surface area contributed by atoms with E-state index in [9.17, 15) is 4.39 Å². The second kappa shape index (κ2) is 7.57.